The molecule has 0 radical (unpaired) electrons. The van der Waals surface area contributed by atoms with Crippen molar-refractivity contribution in [3.05, 3.63) is 58.3 Å². The molecule has 1 aromatic rings. The van der Waals surface area contributed by atoms with Crippen molar-refractivity contribution >= 4 is 28.5 Å². The normalized spacial score (nSPS) is 14.0. The zero-order valence-electron chi connectivity index (χ0n) is 17.9. The molecular formula is C22H32N4O2S. The number of nitrogens with zero attached hydrogens (tertiary/aromatic N) is 2. The van der Waals surface area contributed by atoms with Gasteiger partial charge < -0.3 is 16.2 Å². The van der Waals surface area contributed by atoms with E-state index < -0.39 is 5.91 Å². The van der Waals surface area contributed by atoms with Crippen LogP contribution >= 0.6 is 11.8 Å². The van der Waals surface area contributed by atoms with Crippen molar-refractivity contribution < 1.29 is 9.90 Å². The summed E-state index contributed by atoms with van der Waals surface area (Å²) in [6.45, 7) is 10.1. The highest BCUT2D eigenvalue weighted by Crippen LogP contribution is 2.30. The highest BCUT2D eigenvalue weighted by atomic mass is 32.2. The van der Waals surface area contributed by atoms with Crippen LogP contribution < -0.4 is 11.1 Å². The lowest BCUT2D eigenvalue weighted by Gasteiger charge is -2.19. The molecule has 0 atom stereocenters. The number of aliphatic hydroxyl groups is 1. The number of hydrogen-bond donors (Lipinski definition) is 3. The fourth-order valence-corrected chi connectivity index (χ4v) is 3.26. The first-order valence-corrected chi connectivity index (χ1v) is 10.6. The number of anilines is 1. The minimum Gasteiger partial charge on any atom is -0.394 e. The highest BCUT2D eigenvalue weighted by Gasteiger charge is 2.21. The fraction of sp³-hybridized carbons (Fsp3) is 0.409. The summed E-state index contributed by atoms with van der Waals surface area (Å²) in [5.74, 6) is 0.209. The summed E-state index contributed by atoms with van der Waals surface area (Å²) in [5, 5.41) is 12.8. The molecule has 7 heteroatoms. The van der Waals surface area contributed by atoms with Gasteiger partial charge in [0.25, 0.3) is 0 Å². The van der Waals surface area contributed by atoms with E-state index in [4.69, 9.17) is 10.8 Å². The average Bonchev–Trinajstić information content (AvgIpc) is 2.68. The molecule has 6 nitrogen and oxygen atoms in total. The predicted octanol–water partition coefficient (Wildman–Crippen LogP) is 4.42. The van der Waals surface area contributed by atoms with Gasteiger partial charge in [-0.05, 0) is 51.3 Å². The molecule has 0 saturated heterocycles. The molecule has 1 aromatic heterocycles. The number of aliphatic imine (C=N–C) groups is 1. The molecule has 158 valence electrons. The van der Waals surface area contributed by atoms with Crippen LogP contribution in [0.4, 0.5) is 5.82 Å². The van der Waals surface area contributed by atoms with E-state index in [9.17, 15) is 4.79 Å². The van der Waals surface area contributed by atoms with E-state index in [1.165, 1.54) is 17.3 Å². The van der Waals surface area contributed by atoms with Crippen LogP contribution in [0.2, 0.25) is 0 Å². The monoisotopic (exact) mass is 416 g/mol. The number of aliphatic hydroxyl groups excluding tert-OH is 1. The van der Waals surface area contributed by atoms with Gasteiger partial charge in [-0.15, -0.1) is 0 Å². The second-order valence-electron chi connectivity index (χ2n) is 6.71. The number of pyridine rings is 1. The Labute approximate surface area is 178 Å². The first-order chi connectivity index (χ1) is 13.8. The van der Waals surface area contributed by atoms with Crippen LogP contribution in [0.15, 0.2) is 63.3 Å². The van der Waals surface area contributed by atoms with Gasteiger partial charge in [-0.25, -0.2) is 4.98 Å². The average molecular weight is 417 g/mol. The Morgan fingerprint density at radius 3 is 2.48 bits per heavy atom. The smallest absolute Gasteiger partial charge is 0.249 e. The number of carbonyl (C=O) groups is 1. The molecule has 29 heavy (non-hydrogen) atoms. The van der Waals surface area contributed by atoms with Gasteiger partial charge in [-0.3, -0.25) is 9.79 Å². The molecule has 0 fully saturated rings. The van der Waals surface area contributed by atoms with Gasteiger partial charge in [-0.1, -0.05) is 49.4 Å². The summed E-state index contributed by atoms with van der Waals surface area (Å²) < 4.78 is 0. The molecule has 1 amide bonds. The van der Waals surface area contributed by atoms with E-state index in [1.807, 2.05) is 25.1 Å². The molecule has 4 N–H and O–H groups in total. The lowest BCUT2D eigenvalue weighted by atomic mass is 10.1. The molecule has 2 rings (SSSR count). The molecule has 0 saturated carbocycles. The second kappa shape index (κ2) is 13.0. The van der Waals surface area contributed by atoms with Gasteiger partial charge >= 0.3 is 0 Å². The Morgan fingerprint density at radius 2 is 1.97 bits per heavy atom. The van der Waals surface area contributed by atoms with Crippen molar-refractivity contribution in [1.82, 2.24) is 4.98 Å². The maximum absolute atomic E-state index is 11.7. The molecular weight excluding hydrogens is 384 g/mol. The summed E-state index contributed by atoms with van der Waals surface area (Å²) in [6.07, 6.45) is 7.85. The molecule has 0 aromatic carbocycles. The largest absolute Gasteiger partial charge is 0.394 e. The van der Waals surface area contributed by atoms with Gasteiger partial charge in [0, 0.05) is 12.3 Å². The van der Waals surface area contributed by atoms with Gasteiger partial charge in [0.1, 0.15) is 5.82 Å². The van der Waals surface area contributed by atoms with E-state index in [0.29, 0.717) is 16.4 Å². The fourth-order valence-electron chi connectivity index (χ4n) is 2.26. The van der Waals surface area contributed by atoms with Crippen molar-refractivity contribution in [2.75, 3.05) is 11.9 Å². The summed E-state index contributed by atoms with van der Waals surface area (Å²) in [6, 6.07) is 5.57. The maximum Gasteiger partial charge on any atom is 0.249 e. The number of nitrogens with two attached hydrogens (primary N) is 1. The molecule has 0 bridgehead atoms. The third-order valence-electron chi connectivity index (χ3n) is 3.87. The predicted molar refractivity (Wildman–Crippen MR) is 124 cm³/mol. The van der Waals surface area contributed by atoms with Crippen LogP contribution in [0, 0.1) is 0 Å². The molecule has 2 heterocycles. The van der Waals surface area contributed by atoms with Crippen LogP contribution in [0.5, 0.6) is 0 Å². The number of rotatable bonds is 7. The number of carbonyl (C=O) groups excluding carboxylic acids is 1. The van der Waals surface area contributed by atoms with Gasteiger partial charge in [0.2, 0.25) is 5.91 Å². The Bertz CT molecular complexity index is 788. The van der Waals surface area contributed by atoms with E-state index in [1.54, 1.807) is 20.0 Å². The zero-order valence-corrected chi connectivity index (χ0v) is 18.7. The molecule has 0 unspecified atom stereocenters. The van der Waals surface area contributed by atoms with Crippen molar-refractivity contribution in [1.29, 1.82) is 0 Å². The second-order valence-corrected chi connectivity index (χ2v) is 7.71. The van der Waals surface area contributed by atoms with Crippen molar-refractivity contribution in [2.24, 2.45) is 10.7 Å². The number of amides is 1. The van der Waals surface area contributed by atoms with Crippen molar-refractivity contribution in [3.63, 3.8) is 0 Å². The summed E-state index contributed by atoms with van der Waals surface area (Å²) in [7, 11) is 0. The molecule has 1 aliphatic rings. The Morgan fingerprint density at radius 1 is 1.31 bits per heavy atom. The number of primary amides is 1. The maximum atomic E-state index is 11.7. The number of thioether (sulfide) groups is 1. The Balaban J connectivity index is 0.000000960. The van der Waals surface area contributed by atoms with E-state index >= 15 is 0 Å². The lowest BCUT2D eigenvalue weighted by Crippen LogP contribution is -2.23. The van der Waals surface area contributed by atoms with Crippen LogP contribution in [-0.2, 0) is 4.79 Å². The lowest BCUT2D eigenvalue weighted by molar-refractivity contribution is -0.114. The number of hydrogen-bond acceptors (Lipinski definition) is 6. The molecule has 0 spiro atoms. The Kier molecular flexibility index (Phi) is 11.0. The van der Waals surface area contributed by atoms with Crippen LogP contribution in [-0.4, -0.2) is 33.7 Å². The number of nitrogens with one attached hydrogen (secondary N) is 1. The third kappa shape index (κ3) is 9.11. The summed E-state index contributed by atoms with van der Waals surface area (Å²) >= 11 is 1.42. The minimum absolute atomic E-state index is 0.167. The van der Waals surface area contributed by atoms with E-state index in [-0.39, 0.29) is 12.6 Å². The quantitative estimate of drug-likeness (QED) is 0.571. The van der Waals surface area contributed by atoms with E-state index in [0.717, 1.165) is 23.5 Å². The Hall–Kier alpha value is -2.38. The zero-order chi connectivity index (χ0) is 21.8. The SMILES string of the molecule is CC(C)O.CCC(=C/C=C(\C)C1=NCC(C(N)=O)=C(Nc2ccccn2)S1)CC. The summed E-state index contributed by atoms with van der Waals surface area (Å²) in [4.78, 5) is 20.5. The molecule has 1 aliphatic heterocycles. The van der Waals surface area contributed by atoms with Gasteiger partial charge in [0.05, 0.1) is 22.2 Å². The van der Waals surface area contributed by atoms with Gasteiger partial charge in [0.15, 0.2) is 0 Å². The number of allylic oxidation sites excluding steroid dienone is 3. The van der Waals surface area contributed by atoms with Crippen molar-refractivity contribution in [3.8, 4) is 0 Å². The highest BCUT2D eigenvalue weighted by molar-refractivity contribution is 8.17. The first-order valence-electron chi connectivity index (χ1n) is 9.76. The third-order valence-corrected chi connectivity index (χ3v) is 5.07. The topological polar surface area (TPSA) is 101 Å². The standard InChI is InChI=1S/C19H24N4OS.C3H8O/c1-4-14(5-2)10-9-13(3)18-22-12-15(17(20)24)19(25-18)23-16-8-6-7-11-21-16;1-3(2)4/h6-11H,4-5,12H2,1-3H3,(H2,20,24)(H,21,23);3-4H,1-2H3/b13-9+;. The minimum atomic E-state index is -0.463. The number of aromatic nitrogens is 1. The van der Waals surface area contributed by atoms with E-state index in [2.05, 4.69) is 41.3 Å². The molecule has 0 aliphatic carbocycles. The summed E-state index contributed by atoms with van der Waals surface area (Å²) in [5.41, 5.74) is 8.43. The van der Waals surface area contributed by atoms with Crippen molar-refractivity contribution in [2.45, 2.75) is 53.6 Å². The van der Waals surface area contributed by atoms with Gasteiger partial charge in [-0.2, -0.15) is 0 Å². The van der Waals surface area contributed by atoms with Crippen LogP contribution in [0.3, 0.4) is 0 Å². The van der Waals surface area contributed by atoms with Crippen LogP contribution in [0.1, 0.15) is 47.5 Å². The first kappa shape index (κ1) is 24.7. The van der Waals surface area contributed by atoms with Crippen LogP contribution in [0.25, 0.3) is 0 Å².